The standard InChI is InChI=1S/C20H22F4N6O3/c1-25-8-12-9-30-17(18(31)28(2)33-12)13-10-29(6-5-16(13)27-30)19(32)26-11-3-4-15(21)14(7-11)20(22,23)24/h3-4,7,12,25H,5-6,8-10H2,1-2H3,(H,26,32). The molecule has 2 aliphatic heterocycles. The van der Waals surface area contributed by atoms with Crippen molar-refractivity contribution in [2.75, 3.05) is 32.5 Å². The monoisotopic (exact) mass is 470 g/mol. The summed E-state index contributed by atoms with van der Waals surface area (Å²) in [7, 11) is 3.26. The predicted octanol–water partition coefficient (Wildman–Crippen LogP) is 2.24. The number of hydroxylamine groups is 2. The number of fused-ring (bicyclic) bond motifs is 3. The van der Waals surface area contributed by atoms with Crippen LogP contribution < -0.4 is 10.6 Å². The van der Waals surface area contributed by atoms with E-state index in [9.17, 15) is 27.2 Å². The van der Waals surface area contributed by atoms with Crippen LogP contribution in [0.4, 0.5) is 28.0 Å². The first-order valence-electron chi connectivity index (χ1n) is 10.2. The molecule has 13 heteroatoms. The van der Waals surface area contributed by atoms with Crippen LogP contribution in [0.15, 0.2) is 18.2 Å². The number of carbonyl (C=O) groups is 2. The van der Waals surface area contributed by atoms with Crippen molar-refractivity contribution in [3.63, 3.8) is 0 Å². The summed E-state index contributed by atoms with van der Waals surface area (Å²) in [5.41, 5.74) is -0.0933. The van der Waals surface area contributed by atoms with Crippen LogP contribution in [0.5, 0.6) is 0 Å². The number of urea groups is 1. The van der Waals surface area contributed by atoms with Crippen LogP contribution in [0.3, 0.4) is 0 Å². The first-order chi connectivity index (χ1) is 15.6. The third-order valence-electron chi connectivity index (χ3n) is 5.52. The lowest BCUT2D eigenvalue weighted by Gasteiger charge is -2.27. The molecule has 0 aliphatic carbocycles. The highest BCUT2D eigenvalue weighted by Gasteiger charge is 2.36. The van der Waals surface area contributed by atoms with Crippen molar-refractivity contribution < 1.29 is 32.0 Å². The first kappa shape index (κ1) is 23.0. The van der Waals surface area contributed by atoms with Gasteiger partial charge in [0, 0.05) is 37.8 Å². The molecule has 0 saturated carbocycles. The van der Waals surface area contributed by atoms with Gasteiger partial charge >= 0.3 is 12.2 Å². The molecule has 2 aliphatic rings. The van der Waals surface area contributed by atoms with Crippen molar-refractivity contribution >= 4 is 17.6 Å². The molecule has 4 rings (SSSR count). The van der Waals surface area contributed by atoms with Crippen LogP contribution in [0.25, 0.3) is 0 Å². The van der Waals surface area contributed by atoms with Crippen molar-refractivity contribution in [2.24, 2.45) is 0 Å². The maximum absolute atomic E-state index is 13.5. The average Bonchev–Trinajstić information content (AvgIpc) is 3.05. The van der Waals surface area contributed by atoms with Crippen LogP contribution in [0, 0.1) is 5.82 Å². The lowest BCUT2D eigenvalue weighted by Crippen LogP contribution is -2.40. The molecule has 178 valence electrons. The quantitative estimate of drug-likeness (QED) is 0.672. The Morgan fingerprint density at radius 2 is 2.09 bits per heavy atom. The number of halogens is 4. The number of alkyl halides is 3. The summed E-state index contributed by atoms with van der Waals surface area (Å²) < 4.78 is 54.0. The summed E-state index contributed by atoms with van der Waals surface area (Å²) in [5.74, 6) is -1.83. The lowest BCUT2D eigenvalue weighted by molar-refractivity contribution is -0.146. The Bertz CT molecular complexity index is 1090. The van der Waals surface area contributed by atoms with Gasteiger partial charge in [0.15, 0.2) is 0 Å². The van der Waals surface area contributed by atoms with Gasteiger partial charge in [-0.05, 0) is 25.2 Å². The van der Waals surface area contributed by atoms with E-state index in [0.717, 1.165) is 11.1 Å². The van der Waals surface area contributed by atoms with Gasteiger partial charge in [0.05, 0.1) is 24.3 Å². The van der Waals surface area contributed by atoms with E-state index in [-0.39, 0.29) is 24.9 Å². The van der Waals surface area contributed by atoms with E-state index >= 15 is 0 Å². The molecule has 3 heterocycles. The van der Waals surface area contributed by atoms with E-state index in [2.05, 4.69) is 15.7 Å². The molecule has 1 atom stereocenters. The third kappa shape index (κ3) is 4.50. The number of aromatic nitrogens is 2. The fourth-order valence-electron chi connectivity index (χ4n) is 3.97. The minimum atomic E-state index is -4.89. The highest BCUT2D eigenvalue weighted by Crippen LogP contribution is 2.33. The predicted molar refractivity (Wildman–Crippen MR) is 108 cm³/mol. The van der Waals surface area contributed by atoms with E-state index in [0.29, 0.717) is 48.6 Å². The van der Waals surface area contributed by atoms with Crippen LogP contribution in [-0.4, -0.2) is 65.0 Å². The van der Waals surface area contributed by atoms with Gasteiger partial charge in [-0.25, -0.2) is 14.2 Å². The second kappa shape index (κ2) is 8.63. The topological polar surface area (TPSA) is 91.7 Å². The fourth-order valence-corrected chi connectivity index (χ4v) is 3.97. The highest BCUT2D eigenvalue weighted by atomic mass is 19.4. The second-order valence-corrected chi connectivity index (χ2v) is 7.84. The number of nitrogens with zero attached hydrogens (tertiary/aromatic N) is 4. The number of amides is 3. The Morgan fingerprint density at radius 3 is 2.79 bits per heavy atom. The number of hydrogen-bond donors (Lipinski definition) is 2. The Hall–Kier alpha value is -3.19. The number of likely N-dealkylation sites (N-methyl/N-ethyl adjacent to an activating group) is 1. The third-order valence-corrected chi connectivity index (χ3v) is 5.52. The van der Waals surface area contributed by atoms with E-state index < -0.39 is 29.5 Å². The minimum Gasteiger partial charge on any atom is -0.320 e. The van der Waals surface area contributed by atoms with Crippen LogP contribution >= 0.6 is 0 Å². The molecular weight excluding hydrogens is 448 g/mol. The number of hydrogen-bond acceptors (Lipinski definition) is 5. The molecular formula is C20H22F4N6O3. The molecule has 2 N–H and O–H groups in total. The van der Waals surface area contributed by atoms with Crippen molar-refractivity contribution in [3.05, 3.63) is 46.5 Å². The zero-order valence-electron chi connectivity index (χ0n) is 17.9. The molecule has 9 nitrogen and oxygen atoms in total. The van der Waals surface area contributed by atoms with Gasteiger partial charge in [0.1, 0.15) is 17.6 Å². The van der Waals surface area contributed by atoms with Crippen LogP contribution in [-0.2, 0) is 30.5 Å². The van der Waals surface area contributed by atoms with Gasteiger partial charge in [-0.1, -0.05) is 0 Å². The Balaban J connectivity index is 1.55. The Morgan fingerprint density at radius 1 is 1.33 bits per heavy atom. The van der Waals surface area contributed by atoms with Gasteiger partial charge in [-0.2, -0.15) is 18.3 Å². The molecule has 2 aromatic rings. The number of rotatable bonds is 3. The van der Waals surface area contributed by atoms with Crippen LogP contribution in [0.2, 0.25) is 0 Å². The molecule has 1 aromatic carbocycles. The normalized spacial score (nSPS) is 18.6. The van der Waals surface area contributed by atoms with Gasteiger partial charge in [-0.15, -0.1) is 0 Å². The van der Waals surface area contributed by atoms with Gasteiger partial charge in [0.2, 0.25) is 0 Å². The summed E-state index contributed by atoms with van der Waals surface area (Å²) >= 11 is 0. The average molecular weight is 470 g/mol. The summed E-state index contributed by atoms with van der Waals surface area (Å²) in [5, 5.41) is 11.0. The molecule has 0 bridgehead atoms. The van der Waals surface area contributed by atoms with Crippen molar-refractivity contribution in [3.8, 4) is 0 Å². The minimum absolute atomic E-state index is 0.0418. The van der Waals surface area contributed by atoms with Crippen molar-refractivity contribution in [1.29, 1.82) is 0 Å². The van der Waals surface area contributed by atoms with Crippen LogP contribution in [0.1, 0.15) is 27.3 Å². The van der Waals surface area contributed by atoms with Gasteiger partial charge < -0.3 is 15.5 Å². The first-order valence-corrected chi connectivity index (χ1v) is 10.2. The van der Waals surface area contributed by atoms with Crippen molar-refractivity contribution in [2.45, 2.75) is 31.8 Å². The largest absolute Gasteiger partial charge is 0.419 e. The van der Waals surface area contributed by atoms with E-state index in [4.69, 9.17) is 4.84 Å². The molecule has 0 fully saturated rings. The fraction of sp³-hybridized carbons (Fsp3) is 0.450. The molecule has 0 radical (unpaired) electrons. The maximum atomic E-state index is 13.5. The summed E-state index contributed by atoms with van der Waals surface area (Å²) in [6.07, 6.45) is -4.85. The number of anilines is 1. The van der Waals surface area contributed by atoms with Gasteiger partial charge in [-0.3, -0.25) is 14.3 Å². The summed E-state index contributed by atoms with van der Waals surface area (Å²) in [4.78, 5) is 32.7. The number of benzene rings is 1. The van der Waals surface area contributed by atoms with E-state index in [1.807, 2.05) is 0 Å². The molecule has 33 heavy (non-hydrogen) atoms. The molecule has 1 unspecified atom stereocenters. The molecule has 3 amide bonds. The Labute approximate surface area is 186 Å². The van der Waals surface area contributed by atoms with E-state index in [1.54, 1.807) is 11.7 Å². The number of nitrogens with one attached hydrogen (secondary N) is 2. The lowest BCUT2D eigenvalue weighted by atomic mass is 10.1. The van der Waals surface area contributed by atoms with E-state index in [1.165, 1.54) is 11.9 Å². The van der Waals surface area contributed by atoms with Gasteiger partial charge in [0.25, 0.3) is 5.91 Å². The summed E-state index contributed by atoms with van der Waals surface area (Å²) in [6.45, 7) is 1.12. The number of carbonyl (C=O) groups excluding carboxylic acids is 2. The summed E-state index contributed by atoms with van der Waals surface area (Å²) in [6, 6.07) is 1.59. The molecule has 1 aromatic heterocycles. The maximum Gasteiger partial charge on any atom is 0.419 e. The SMILES string of the molecule is CNCC1Cn2nc3c(c2C(=O)N(C)O1)CN(C(=O)Nc1ccc(F)c(C(F)(F)F)c1)CC3. The highest BCUT2D eigenvalue weighted by molar-refractivity contribution is 5.94. The zero-order valence-corrected chi connectivity index (χ0v) is 17.9. The molecule has 0 spiro atoms. The smallest absolute Gasteiger partial charge is 0.320 e. The second-order valence-electron chi connectivity index (χ2n) is 7.84. The van der Waals surface area contributed by atoms with Crippen molar-refractivity contribution in [1.82, 2.24) is 25.1 Å². The molecule has 0 saturated heterocycles. The Kier molecular flexibility index (Phi) is 6.01. The zero-order chi connectivity index (χ0) is 23.9.